The van der Waals surface area contributed by atoms with Gasteiger partial charge in [-0.1, -0.05) is 0 Å². The third-order valence-corrected chi connectivity index (χ3v) is 0.805. The number of rotatable bonds is 2. The molecule has 0 aliphatic rings. The average molecular weight is 150 g/mol. The van der Waals surface area contributed by atoms with Gasteiger partial charge < -0.3 is 9.90 Å². The maximum atomic E-state index is 8.81. The standard InChI is InChI=1S/C4H10OS.C2H4O/c1-4(5)2-3-6;1-2-3/h4-6H,2-3H2,1H3;2H,1H3. The fraction of sp³-hybridized carbons (Fsp3) is 0.833. The predicted octanol–water partition coefficient (Wildman–Crippen LogP) is 0.892. The van der Waals surface area contributed by atoms with Crippen LogP contribution >= 0.6 is 12.6 Å². The van der Waals surface area contributed by atoms with Crippen LogP contribution in [0, 0.1) is 0 Å². The topological polar surface area (TPSA) is 37.3 Å². The van der Waals surface area contributed by atoms with E-state index in [4.69, 9.17) is 9.90 Å². The maximum absolute atomic E-state index is 8.81. The second-order valence-corrected chi connectivity index (χ2v) is 2.04. The lowest BCUT2D eigenvalue weighted by Crippen LogP contribution is -1.98. The number of aliphatic hydroxyl groups is 1. The Balaban J connectivity index is 0. The van der Waals surface area contributed by atoms with E-state index in [0.29, 0.717) is 0 Å². The molecule has 0 aromatic carbocycles. The van der Waals surface area contributed by atoms with Gasteiger partial charge in [-0.25, -0.2) is 0 Å². The van der Waals surface area contributed by atoms with Crippen LogP contribution in [0.25, 0.3) is 0 Å². The van der Waals surface area contributed by atoms with Gasteiger partial charge in [0, 0.05) is 0 Å². The summed E-state index contributed by atoms with van der Waals surface area (Å²) in [5.74, 6) is 0.775. The van der Waals surface area contributed by atoms with E-state index in [2.05, 4.69) is 12.6 Å². The number of carbonyl (C=O) groups is 1. The number of aldehydes is 1. The smallest absolute Gasteiger partial charge is 0.116 e. The summed E-state index contributed by atoms with van der Waals surface area (Å²) in [6, 6.07) is 0. The first-order valence-electron chi connectivity index (χ1n) is 2.87. The van der Waals surface area contributed by atoms with Crippen LogP contribution in [0.4, 0.5) is 0 Å². The summed E-state index contributed by atoms with van der Waals surface area (Å²) in [5, 5.41) is 8.50. The Bertz CT molecular complexity index is 55.0. The fourth-order valence-electron chi connectivity index (χ4n) is 0.187. The number of carbonyl (C=O) groups excluding carboxylic acids is 1. The highest BCUT2D eigenvalue weighted by Gasteiger charge is 1.87. The van der Waals surface area contributed by atoms with Gasteiger partial charge in [0.1, 0.15) is 6.29 Å². The van der Waals surface area contributed by atoms with Crippen molar-refractivity contribution in [3.05, 3.63) is 0 Å². The van der Waals surface area contributed by atoms with E-state index in [0.717, 1.165) is 18.5 Å². The lowest BCUT2D eigenvalue weighted by atomic mass is 10.3. The summed E-state index contributed by atoms with van der Waals surface area (Å²) in [5.41, 5.74) is 0. The molecule has 0 saturated heterocycles. The first kappa shape index (κ1) is 11.7. The molecule has 0 aliphatic carbocycles. The van der Waals surface area contributed by atoms with E-state index >= 15 is 0 Å². The highest BCUT2D eigenvalue weighted by atomic mass is 32.1. The summed E-state index contributed by atoms with van der Waals surface area (Å²) in [7, 11) is 0. The molecule has 1 N–H and O–H groups in total. The van der Waals surface area contributed by atoms with Crippen molar-refractivity contribution < 1.29 is 9.90 Å². The molecular formula is C6H14O2S. The van der Waals surface area contributed by atoms with Crippen molar-refractivity contribution >= 4 is 18.9 Å². The van der Waals surface area contributed by atoms with Crippen LogP contribution in [0.1, 0.15) is 20.3 Å². The Labute approximate surface area is 61.7 Å². The van der Waals surface area contributed by atoms with Crippen molar-refractivity contribution in [2.75, 3.05) is 5.75 Å². The van der Waals surface area contributed by atoms with Gasteiger partial charge in [0.05, 0.1) is 6.10 Å². The Morgan fingerprint density at radius 2 is 2.11 bits per heavy atom. The molecule has 0 rings (SSSR count). The molecule has 3 heteroatoms. The monoisotopic (exact) mass is 150 g/mol. The molecule has 56 valence electrons. The van der Waals surface area contributed by atoms with Crippen molar-refractivity contribution in [2.45, 2.75) is 26.4 Å². The summed E-state index contributed by atoms with van der Waals surface area (Å²) < 4.78 is 0. The zero-order valence-electron chi connectivity index (χ0n) is 5.87. The zero-order chi connectivity index (χ0) is 7.70. The Morgan fingerprint density at radius 3 is 2.11 bits per heavy atom. The second-order valence-electron chi connectivity index (χ2n) is 1.60. The quantitative estimate of drug-likeness (QED) is 0.453. The van der Waals surface area contributed by atoms with Gasteiger partial charge in [-0.2, -0.15) is 12.6 Å². The number of hydrogen-bond acceptors (Lipinski definition) is 3. The molecule has 0 spiro atoms. The minimum atomic E-state index is -0.178. The van der Waals surface area contributed by atoms with Crippen LogP contribution in [-0.2, 0) is 4.79 Å². The molecule has 1 atom stereocenters. The molecule has 2 nitrogen and oxygen atoms in total. The van der Waals surface area contributed by atoms with Crippen LogP contribution in [0.3, 0.4) is 0 Å². The fourth-order valence-corrected chi connectivity index (χ4v) is 0.561. The van der Waals surface area contributed by atoms with Crippen molar-refractivity contribution in [3.8, 4) is 0 Å². The first-order valence-corrected chi connectivity index (χ1v) is 3.51. The molecule has 0 aromatic rings. The molecule has 0 heterocycles. The van der Waals surface area contributed by atoms with Gasteiger partial charge in [-0.05, 0) is 26.0 Å². The summed E-state index contributed by atoms with van der Waals surface area (Å²) in [6.45, 7) is 3.20. The minimum absolute atomic E-state index is 0.178. The molecule has 9 heavy (non-hydrogen) atoms. The first-order chi connectivity index (χ1) is 4.18. The number of aliphatic hydroxyl groups excluding tert-OH is 1. The number of thiol groups is 1. The van der Waals surface area contributed by atoms with E-state index in [9.17, 15) is 0 Å². The summed E-state index contributed by atoms with van der Waals surface area (Å²) >= 11 is 3.90. The van der Waals surface area contributed by atoms with Gasteiger partial charge in [-0.3, -0.25) is 0 Å². The van der Waals surface area contributed by atoms with Crippen molar-refractivity contribution in [1.82, 2.24) is 0 Å². The van der Waals surface area contributed by atoms with E-state index in [-0.39, 0.29) is 6.10 Å². The second kappa shape index (κ2) is 10.9. The van der Waals surface area contributed by atoms with E-state index < -0.39 is 0 Å². The molecule has 1 unspecified atom stereocenters. The molecular weight excluding hydrogens is 136 g/mol. The third kappa shape index (κ3) is 32.1. The van der Waals surface area contributed by atoms with E-state index in [1.54, 1.807) is 6.92 Å². The maximum Gasteiger partial charge on any atom is 0.116 e. The van der Waals surface area contributed by atoms with Crippen LogP contribution in [0.15, 0.2) is 0 Å². The van der Waals surface area contributed by atoms with Crippen molar-refractivity contribution in [3.63, 3.8) is 0 Å². The molecule has 0 amide bonds. The van der Waals surface area contributed by atoms with Crippen LogP contribution in [-0.4, -0.2) is 23.2 Å². The van der Waals surface area contributed by atoms with Gasteiger partial charge >= 0.3 is 0 Å². The Morgan fingerprint density at radius 1 is 1.78 bits per heavy atom. The average Bonchev–Trinajstić information content (AvgIpc) is 1.67. The molecule has 0 fully saturated rings. The van der Waals surface area contributed by atoms with Gasteiger partial charge in [0.2, 0.25) is 0 Å². The van der Waals surface area contributed by atoms with E-state index in [1.807, 2.05) is 0 Å². The predicted molar refractivity (Wildman–Crippen MR) is 41.9 cm³/mol. The summed E-state index contributed by atoms with van der Waals surface area (Å²) in [4.78, 5) is 8.81. The Kier molecular flexibility index (Phi) is 14.2. The molecule has 0 aromatic heterocycles. The molecule has 0 radical (unpaired) electrons. The minimum Gasteiger partial charge on any atom is -0.393 e. The highest BCUT2D eigenvalue weighted by molar-refractivity contribution is 7.80. The third-order valence-electron chi connectivity index (χ3n) is 0.547. The summed E-state index contributed by atoms with van der Waals surface area (Å²) in [6.07, 6.45) is 1.37. The van der Waals surface area contributed by atoms with Crippen LogP contribution < -0.4 is 0 Å². The largest absolute Gasteiger partial charge is 0.393 e. The molecule has 0 saturated carbocycles. The SMILES string of the molecule is CC(O)CCS.CC=O. The van der Waals surface area contributed by atoms with Crippen molar-refractivity contribution in [2.24, 2.45) is 0 Å². The van der Waals surface area contributed by atoms with Crippen molar-refractivity contribution in [1.29, 1.82) is 0 Å². The highest BCUT2D eigenvalue weighted by Crippen LogP contribution is 1.88. The lowest BCUT2D eigenvalue weighted by molar-refractivity contribution is -0.106. The molecule has 0 aliphatic heterocycles. The van der Waals surface area contributed by atoms with Crippen LogP contribution in [0.5, 0.6) is 0 Å². The number of hydrogen-bond donors (Lipinski definition) is 2. The van der Waals surface area contributed by atoms with Gasteiger partial charge in [-0.15, -0.1) is 0 Å². The Hall–Kier alpha value is -0.0200. The lowest BCUT2D eigenvalue weighted by Gasteiger charge is -1.95. The van der Waals surface area contributed by atoms with Gasteiger partial charge in [0.15, 0.2) is 0 Å². The zero-order valence-corrected chi connectivity index (χ0v) is 6.77. The molecule has 0 bridgehead atoms. The van der Waals surface area contributed by atoms with E-state index in [1.165, 1.54) is 6.92 Å². The van der Waals surface area contributed by atoms with Crippen LogP contribution in [0.2, 0.25) is 0 Å². The van der Waals surface area contributed by atoms with Gasteiger partial charge in [0.25, 0.3) is 0 Å². The normalized spacial score (nSPS) is 11.1.